The van der Waals surface area contributed by atoms with Crippen molar-refractivity contribution < 1.29 is 30.0 Å². The van der Waals surface area contributed by atoms with Gasteiger partial charge >= 0.3 is 6.03 Å². The van der Waals surface area contributed by atoms with Crippen LogP contribution in [-0.4, -0.2) is 52.5 Å². The lowest BCUT2D eigenvalue weighted by molar-refractivity contribution is 0.0889. The van der Waals surface area contributed by atoms with Crippen LogP contribution in [0.1, 0.15) is 42.5 Å². The highest BCUT2D eigenvalue weighted by Gasteiger charge is 2.22. The normalized spacial score (nSPS) is 16.9. The van der Waals surface area contributed by atoms with E-state index in [-0.39, 0.29) is 23.2 Å². The lowest BCUT2D eigenvalue weighted by Gasteiger charge is -2.20. The largest absolute Gasteiger partial charge is 0.510 e. The molecule has 6 N–H and O–H groups in total. The van der Waals surface area contributed by atoms with Gasteiger partial charge in [0.1, 0.15) is 17.6 Å². The molecule has 0 aromatic heterocycles. The van der Waals surface area contributed by atoms with E-state index in [0.29, 0.717) is 5.69 Å². The van der Waals surface area contributed by atoms with Crippen molar-refractivity contribution in [3.8, 4) is 11.1 Å². The summed E-state index contributed by atoms with van der Waals surface area (Å²) in [6.07, 6.45) is 11.2. The van der Waals surface area contributed by atoms with Gasteiger partial charge in [0.15, 0.2) is 5.78 Å². The van der Waals surface area contributed by atoms with E-state index in [9.17, 15) is 19.8 Å². The molecule has 0 saturated heterocycles. The molecule has 1 fully saturated rings. The maximum absolute atomic E-state index is 12.7. The van der Waals surface area contributed by atoms with Crippen molar-refractivity contribution >= 4 is 17.5 Å². The van der Waals surface area contributed by atoms with Crippen LogP contribution in [0, 0.1) is 5.92 Å². The molecule has 4 rings (SSSR count). The minimum absolute atomic E-state index is 0.0876. The van der Waals surface area contributed by atoms with E-state index < -0.39 is 12.1 Å². The summed E-state index contributed by atoms with van der Waals surface area (Å²) in [6.45, 7) is 0. The zero-order valence-electron chi connectivity index (χ0n) is 21.2. The molecule has 2 aromatic rings. The number of carbonyl (C=O) groups excluding carboxylic acids is 2. The number of urea groups is 1. The van der Waals surface area contributed by atoms with Crippen molar-refractivity contribution in [1.82, 2.24) is 5.32 Å². The molecule has 2 aliphatic rings. The van der Waals surface area contributed by atoms with E-state index in [1.54, 1.807) is 24.3 Å². The Kier molecular flexibility index (Phi) is 12.1. The maximum Gasteiger partial charge on any atom is 0.320 e. The third-order valence-electron chi connectivity index (χ3n) is 6.09. The fourth-order valence-electron chi connectivity index (χ4n) is 4.26. The zero-order chi connectivity index (χ0) is 27.2. The lowest BCUT2D eigenvalue weighted by Crippen LogP contribution is -2.37. The highest BCUT2D eigenvalue weighted by molar-refractivity contribution is 5.98. The van der Waals surface area contributed by atoms with Crippen molar-refractivity contribution in [3.05, 3.63) is 89.9 Å². The molecule has 1 saturated carbocycles. The zero-order valence-corrected chi connectivity index (χ0v) is 21.2. The topological polar surface area (TPSA) is 139 Å². The number of rotatable bonds is 5. The fraction of sp³-hybridized carbons (Fsp3) is 0.310. The van der Waals surface area contributed by atoms with Crippen molar-refractivity contribution in [3.63, 3.8) is 0 Å². The van der Waals surface area contributed by atoms with Gasteiger partial charge in [0.2, 0.25) is 0 Å². The molecule has 8 heteroatoms. The number of anilines is 1. The first-order valence-electron chi connectivity index (χ1n) is 12.2. The molecule has 0 aliphatic heterocycles. The lowest BCUT2D eigenvalue weighted by atomic mass is 9.83. The first-order valence-corrected chi connectivity index (χ1v) is 12.2. The van der Waals surface area contributed by atoms with E-state index in [1.807, 2.05) is 36.4 Å². The number of amides is 2. The Balaban J connectivity index is 0.00000115. The second-order valence-corrected chi connectivity index (χ2v) is 8.48. The fourth-order valence-corrected chi connectivity index (χ4v) is 4.26. The number of hydrogen-bond donors (Lipinski definition) is 6. The minimum atomic E-state index is -0.736. The molecular formula is C29H36N2O6. The monoisotopic (exact) mass is 508 g/mol. The number of aliphatic hydroxyl groups excluding tert-OH is 4. The van der Waals surface area contributed by atoms with Gasteiger partial charge in [-0.3, -0.25) is 4.79 Å². The van der Waals surface area contributed by atoms with E-state index >= 15 is 0 Å². The molecule has 2 aromatic carbocycles. The van der Waals surface area contributed by atoms with Crippen LogP contribution in [0.4, 0.5) is 10.5 Å². The molecule has 1 unspecified atom stereocenters. The number of allylic oxidation sites excluding steroid dienone is 3. The first kappa shape index (κ1) is 29.4. The molecule has 0 heterocycles. The average Bonchev–Trinajstić information content (AvgIpc) is 3.10. The summed E-state index contributed by atoms with van der Waals surface area (Å²) in [7, 11) is 2.00. The number of aliphatic hydroxyl groups is 4. The SMILES string of the molecule is CO.CO.O=C(Nc1ccc(-c2ccc(C(=O)C3CCCCC3)cc2)cc1)NC1C=CC=C(O)C=C1O. The molecule has 198 valence electrons. The van der Waals surface area contributed by atoms with E-state index in [2.05, 4.69) is 10.6 Å². The van der Waals surface area contributed by atoms with Gasteiger partial charge in [-0.2, -0.15) is 0 Å². The van der Waals surface area contributed by atoms with Crippen molar-refractivity contribution in [2.75, 3.05) is 19.5 Å². The molecule has 0 bridgehead atoms. The van der Waals surface area contributed by atoms with Crippen LogP contribution >= 0.6 is 0 Å². The number of hydrogen-bond acceptors (Lipinski definition) is 6. The van der Waals surface area contributed by atoms with E-state index in [1.165, 1.54) is 18.6 Å². The number of Topliss-reactive ketones (excluding diaryl/α,β-unsaturated/α-hetero) is 1. The molecule has 1 atom stereocenters. The van der Waals surface area contributed by atoms with Crippen LogP contribution in [0.15, 0.2) is 84.4 Å². The number of carbonyl (C=O) groups is 2. The van der Waals surface area contributed by atoms with Crippen LogP contribution < -0.4 is 10.6 Å². The molecule has 2 amide bonds. The predicted octanol–water partition coefficient (Wildman–Crippen LogP) is 5.28. The van der Waals surface area contributed by atoms with Crippen molar-refractivity contribution in [2.45, 2.75) is 38.1 Å². The van der Waals surface area contributed by atoms with E-state index in [4.69, 9.17) is 10.2 Å². The quantitative estimate of drug-likeness (QED) is 0.304. The summed E-state index contributed by atoms with van der Waals surface area (Å²) in [6, 6.07) is 13.9. The van der Waals surface area contributed by atoms with Gasteiger partial charge in [-0.05, 0) is 42.2 Å². The number of ketones is 1. The van der Waals surface area contributed by atoms with Gasteiger partial charge in [-0.15, -0.1) is 0 Å². The third-order valence-corrected chi connectivity index (χ3v) is 6.09. The second-order valence-electron chi connectivity index (χ2n) is 8.48. The second kappa shape index (κ2) is 15.3. The summed E-state index contributed by atoms with van der Waals surface area (Å²) >= 11 is 0. The summed E-state index contributed by atoms with van der Waals surface area (Å²) in [5.41, 5.74) is 3.35. The molecule has 8 nitrogen and oxygen atoms in total. The Bertz CT molecular complexity index is 1100. The van der Waals surface area contributed by atoms with E-state index in [0.717, 1.165) is 56.6 Å². The van der Waals surface area contributed by atoms with Gasteiger partial charge in [0, 0.05) is 37.5 Å². The van der Waals surface area contributed by atoms with Crippen LogP contribution in [0.5, 0.6) is 0 Å². The molecule has 0 radical (unpaired) electrons. The van der Waals surface area contributed by atoms with Gasteiger partial charge in [-0.1, -0.05) is 67.8 Å². The van der Waals surface area contributed by atoms with Gasteiger partial charge in [0.05, 0.1) is 0 Å². The Labute approximate surface area is 217 Å². The van der Waals surface area contributed by atoms with Crippen LogP contribution in [0.2, 0.25) is 0 Å². The van der Waals surface area contributed by atoms with Crippen LogP contribution in [0.3, 0.4) is 0 Å². The first-order chi connectivity index (χ1) is 18.0. The predicted molar refractivity (Wildman–Crippen MR) is 146 cm³/mol. The summed E-state index contributed by atoms with van der Waals surface area (Å²) in [5, 5.41) is 38.8. The Hall–Kier alpha value is -3.88. The standard InChI is InChI=1S/C27H28N2O4.2CH4O/c30-23-7-4-8-24(25(31)17-23)29-27(33)28-22-15-13-19(14-16-22)18-9-11-21(12-10-18)26(32)20-5-2-1-3-6-20;2*1-2/h4,7-17,20,24,30-31H,1-3,5-6H2,(H2,28,29,33);2*2H,1H3. The third kappa shape index (κ3) is 8.63. The molecular weight excluding hydrogens is 472 g/mol. The van der Waals surface area contributed by atoms with Crippen LogP contribution in [-0.2, 0) is 0 Å². The van der Waals surface area contributed by atoms with Crippen LogP contribution in [0.25, 0.3) is 11.1 Å². The summed E-state index contributed by atoms with van der Waals surface area (Å²) in [4.78, 5) is 25.0. The average molecular weight is 509 g/mol. The smallest absolute Gasteiger partial charge is 0.320 e. The van der Waals surface area contributed by atoms with Crippen molar-refractivity contribution in [2.24, 2.45) is 5.92 Å². The van der Waals surface area contributed by atoms with Crippen molar-refractivity contribution in [1.29, 1.82) is 0 Å². The molecule has 37 heavy (non-hydrogen) atoms. The van der Waals surface area contributed by atoms with Gasteiger partial charge in [0.25, 0.3) is 0 Å². The maximum atomic E-state index is 12.7. The molecule has 2 aliphatic carbocycles. The minimum Gasteiger partial charge on any atom is -0.510 e. The highest BCUT2D eigenvalue weighted by atomic mass is 16.3. The number of nitrogens with one attached hydrogen (secondary N) is 2. The van der Waals surface area contributed by atoms with Gasteiger partial charge < -0.3 is 31.1 Å². The summed E-state index contributed by atoms with van der Waals surface area (Å²) < 4.78 is 0. The summed E-state index contributed by atoms with van der Waals surface area (Å²) in [5.74, 6) is 0.167. The Morgan fingerprint density at radius 1 is 0.811 bits per heavy atom. The Morgan fingerprint density at radius 3 is 1.97 bits per heavy atom. The highest BCUT2D eigenvalue weighted by Crippen LogP contribution is 2.28. The Morgan fingerprint density at radius 2 is 1.38 bits per heavy atom. The van der Waals surface area contributed by atoms with Gasteiger partial charge in [-0.25, -0.2) is 4.79 Å². The number of benzene rings is 2. The molecule has 0 spiro atoms.